The lowest BCUT2D eigenvalue weighted by molar-refractivity contribution is 1.23. The van der Waals surface area contributed by atoms with Gasteiger partial charge in [-0.1, -0.05) is 0 Å². The quantitative estimate of drug-likeness (QED) is 0.226. The summed E-state index contributed by atoms with van der Waals surface area (Å²) in [6, 6.07) is 0. The lowest BCUT2D eigenvalue weighted by atomic mass is 10.5. The minimum absolute atomic E-state index is 0.427. The van der Waals surface area contributed by atoms with Crippen molar-refractivity contribution in [2.45, 2.75) is 6.92 Å². The fourth-order valence-electron chi connectivity index (χ4n) is 0.0345. The number of rotatable bonds is 1. The molecule has 6 heavy (non-hydrogen) atoms. The second-order valence-corrected chi connectivity index (χ2v) is 1.27. The van der Waals surface area contributed by atoms with Gasteiger partial charge in [-0.15, -0.1) is 11.6 Å². The molecule has 0 radical (unpaired) electrons. The Kier molecular flexibility index (Phi) is 2.85. The smallest absolute Gasteiger partial charge is 0.0622 e. The molecule has 0 aliphatic heterocycles. The predicted molar refractivity (Wildman–Crippen MR) is 28.0 cm³/mol. The molecule has 0 rings (SSSR count). The molecule has 36 valence electrons. The van der Waals surface area contributed by atoms with Gasteiger partial charge in [-0.3, -0.25) is 0 Å². The first-order valence-corrected chi connectivity index (χ1v) is 2.14. The van der Waals surface area contributed by atoms with Crippen LogP contribution in [0.2, 0.25) is 0 Å². The van der Waals surface area contributed by atoms with Crippen molar-refractivity contribution in [3.8, 4) is 0 Å². The summed E-state index contributed by atoms with van der Waals surface area (Å²) >= 11 is 5.24. The van der Waals surface area contributed by atoms with Gasteiger partial charge in [-0.2, -0.15) is 5.10 Å². The van der Waals surface area contributed by atoms with E-state index in [0.29, 0.717) is 5.88 Å². The van der Waals surface area contributed by atoms with Crippen LogP contribution >= 0.6 is 11.6 Å². The summed E-state index contributed by atoms with van der Waals surface area (Å²) in [5.74, 6) is 5.21. The van der Waals surface area contributed by atoms with Gasteiger partial charge in [0.1, 0.15) is 0 Å². The molecule has 0 amide bonds. The minimum Gasteiger partial charge on any atom is -0.323 e. The fourth-order valence-corrected chi connectivity index (χ4v) is 0.104. The van der Waals surface area contributed by atoms with E-state index in [1.807, 2.05) is 0 Å². The first-order valence-electron chi connectivity index (χ1n) is 1.60. The van der Waals surface area contributed by atoms with Gasteiger partial charge in [0.2, 0.25) is 0 Å². The Morgan fingerprint density at radius 3 is 2.50 bits per heavy atom. The van der Waals surface area contributed by atoms with Crippen molar-refractivity contribution in [3.05, 3.63) is 0 Å². The number of hydrazone groups is 1. The molecule has 3 heteroatoms. The highest BCUT2D eigenvalue weighted by atomic mass is 35.5. The highest BCUT2D eigenvalue weighted by Crippen LogP contribution is 1.75. The van der Waals surface area contributed by atoms with E-state index in [1.54, 1.807) is 6.92 Å². The van der Waals surface area contributed by atoms with E-state index < -0.39 is 0 Å². The zero-order chi connectivity index (χ0) is 4.99. The Morgan fingerprint density at radius 2 is 2.50 bits per heavy atom. The van der Waals surface area contributed by atoms with E-state index in [4.69, 9.17) is 17.4 Å². The molecular formula is C3H7ClN2. The second-order valence-electron chi connectivity index (χ2n) is 0.998. The van der Waals surface area contributed by atoms with E-state index in [9.17, 15) is 0 Å². The number of nitrogens with two attached hydrogens (primary N) is 1. The monoisotopic (exact) mass is 106 g/mol. The molecule has 0 aromatic rings. The Hall–Kier alpha value is -0.240. The van der Waals surface area contributed by atoms with Crippen LogP contribution in [0.5, 0.6) is 0 Å². The van der Waals surface area contributed by atoms with Gasteiger partial charge in [0.05, 0.1) is 5.88 Å². The Balaban J connectivity index is 3.22. The van der Waals surface area contributed by atoms with Crippen molar-refractivity contribution in [1.29, 1.82) is 0 Å². The van der Waals surface area contributed by atoms with Gasteiger partial charge >= 0.3 is 0 Å². The number of halogens is 1. The third-order valence-corrected chi connectivity index (χ3v) is 0.801. The Bertz CT molecular complexity index is 59.8. The molecule has 0 aliphatic carbocycles. The van der Waals surface area contributed by atoms with E-state index in [-0.39, 0.29) is 0 Å². The summed E-state index contributed by atoms with van der Waals surface area (Å²) in [5, 5.41) is 3.29. The molecule has 0 aromatic carbocycles. The molecule has 2 N–H and O–H groups in total. The molecule has 2 nitrogen and oxygen atoms in total. The van der Waals surface area contributed by atoms with Crippen molar-refractivity contribution in [2.75, 3.05) is 5.88 Å². The molecule has 0 aromatic heterocycles. The van der Waals surface area contributed by atoms with Crippen LogP contribution in [0.4, 0.5) is 0 Å². The van der Waals surface area contributed by atoms with Crippen LogP contribution in [-0.4, -0.2) is 11.6 Å². The van der Waals surface area contributed by atoms with Crippen LogP contribution in [0, 0.1) is 0 Å². The molecule has 0 aliphatic rings. The van der Waals surface area contributed by atoms with Crippen molar-refractivity contribution in [3.63, 3.8) is 0 Å². The summed E-state index contributed by atoms with van der Waals surface area (Å²) in [5.41, 5.74) is 0.761. The maximum atomic E-state index is 5.24. The minimum atomic E-state index is 0.427. The van der Waals surface area contributed by atoms with Crippen LogP contribution in [-0.2, 0) is 0 Å². The summed E-state index contributed by atoms with van der Waals surface area (Å²) in [6.45, 7) is 1.77. The van der Waals surface area contributed by atoms with E-state index >= 15 is 0 Å². The SMILES string of the molecule is C/C(CCl)=N\N. The molecule has 0 unspecified atom stereocenters. The topological polar surface area (TPSA) is 38.4 Å². The Morgan fingerprint density at radius 1 is 2.00 bits per heavy atom. The van der Waals surface area contributed by atoms with Crippen LogP contribution in [0.25, 0.3) is 0 Å². The van der Waals surface area contributed by atoms with Gasteiger partial charge in [-0.25, -0.2) is 0 Å². The maximum absolute atomic E-state index is 5.24. The number of nitrogens with zero attached hydrogens (tertiary/aromatic N) is 1. The normalized spacial score (nSPS) is 12.0. The van der Waals surface area contributed by atoms with Gasteiger partial charge < -0.3 is 5.84 Å². The summed E-state index contributed by atoms with van der Waals surface area (Å²) < 4.78 is 0. The van der Waals surface area contributed by atoms with Gasteiger partial charge in [-0.05, 0) is 6.92 Å². The van der Waals surface area contributed by atoms with Crippen LogP contribution in [0.1, 0.15) is 6.92 Å². The predicted octanol–water partition coefficient (Wildman–Crippen LogP) is 0.560. The van der Waals surface area contributed by atoms with Crippen molar-refractivity contribution in [2.24, 2.45) is 10.9 Å². The maximum Gasteiger partial charge on any atom is 0.0622 e. The molecule has 0 bridgehead atoms. The second kappa shape index (κ2) is 2.97. The Labute approximate surface area is 42.0 Å². The van der Waals surface area contributed by atoms with Crippen molar-refractivity contribution >= 4 is 17.3 Å². The van der Waals surface area contributed by atoms with Crippen molar-refractivity contribution in [1.82, 2.24) is 0 Å². The number of alkyl halides is 1. The first-order chi connectivity index (χ1) is 2.81. The average molecular weight is 107 g/mol. The van der Waals surface area contributed by atoms with Gasteiger partial charge in [0.25, 0.3) is 0 Å². The van der Waals surface area contributed by atoms with E-state index in [0.717, 1.165) is 5.71 Å². The molecule has 0 fully saturated rings. The van der Waals surface area contributed by atoms with Crippen LogP contribution < -0.4 is 5.84 Å². The van der Waals surface area contributed by atoms with Crippen molar-refractivity contribution < 1.29 is 0 Å². The lowest BCUT2D eigenvalue weighted by Gasteiger charge is -1.81. The summed E-state index contributed by atoms with van der Waals surface area (Å²) in [4.78, 5) is 0. The number of hydrogen-bond donors (Lipinski definition) is 1. The molecule has 0 heterocycles. The standard InChI is InChI=1S/C3H7ClN2/c1-3(2-4)6-5/h2,5H2,1H3/b6-3+. The van der Waals surface area contributed by atoms with E-state index in [2.05, 4.69) is 5.10 Å². The zero-order valence-corrected chi connectivity index (χ0v) is 4.37. The van der Waals surface area contributed by atoms with Gasteiger partial charge in [0, 0.05) is 5.71 Å². The van der Waals surface area contributed by atoms with E-state index in [1.165, 1.54) is 0 Å². The summed E-state index contributed by atoms with van der Waals surface area (Å²) in [7, 11) is 0. The molecule has 0 spiro atoms. The van der Waals surface area contributed by atoms with Gasteiger partial charge in [0.15, 0.2) is 0 Å². The van der Waals surface area contributed by atoms with Crippen LogP contribution in [0.3, 0.4) is 0 Å². The average Bonchev–Trinajstić information content (AvgIpc) is 1.65. The zero-order valence-electron chi connectivity index (χ0n) is 3.61. The summed E-state index contributed by atoms with van der Waals surface area (Å²) in [6.07, 6.45) is 0. The lowest BCUT2D eigenvalue weighted by Crippen LogP contribution is -1.95. The molecular weight excluding hydrogens is 99.5 g/mol. The third kappa shape index (κ3) is 2.03. The number of hydrogen-bond acceptors (Lipinski definition) is 2. The molecule has 0 atom stereocenters. The fraction of sp³-hybridized carbons (Fsp3) is 0.667. The highest BCUT2D eigenvalue weighted by Gasteiger charge is 1.78. The molecule has 0 saturated carbocycles. The molecule has 0 saturated heterocycles. The highest BCUT2D eigenvalue weighted by molar-refractivity contribution is 6.28. The largest absolute Gasteiger partial charge is 0.323 e. The van der Waals surface area contributed by atoms with Crippen LogP contribution in [0.15, 0.2) is 5.10 Å². The first kappa shape index (κ1) is 5.76. The third-order valence-electron chi connectivity index (χ3n) is 0.414.